The van der Waals surface area contributed by atoms with Gasteiger partial charge in [-0.25, -0.2) is 0 Å². The minimum Gasteiger partial charge on any atom is -0.494 e. The lowest BCUT2D eigenvalue weighted by atomic mass is 10.1. The van der Waals surface area contributed by atoms with E-state index in [4.69, 9.17) is 18.9 Å². The van der Waals surface area contributed by atoms with E-state index >= 15 is 0 Å². The van der Waals surface area contributed by atoms with Gasteiger partial charge in [0, 0.05) is 6.42 Å². The molecule has 0 spiro atoms. The molecule has 5 heteroatoms. The van der Waals surface area contributed by atoms with Crippen LogP contribution in [0.15, 0.2) is 24.3 Å². The number of esters is 1. The van der Waals surface area contributed by atoms with Gasteiger partial charge in [0.1, 0.15) is 17.4 Å². The first-order valence-electron chi connectivity index (χ1n) is 10.8. The highest BCUT2D eigenvalue weighted by Gasteiger charge is 2.36. The second-order valence-corrected chi connectivity index (χ2v) is 7.71. The van der Waals surface area contributed by atoms with E-state index in [2.05, 4.69) is 13.8 Å². The summed E-state index contributed by atoms with van der Waals surface area (Å²) in [5.41, 5.74) is 0. The van der Waals surface area contributed by atoms with Crippen molar-refractivity contribution in [3.8, 4) is 11.5 Å². The molecule has 0 atom stereocenters. The van der Waals surface area contributed by atoms with E-state index < -0.39 is 11.7 Å². The molecule has 1 aromatic rings. The molecular weight excluding hydrogens is 356 g/mol. The number of benzene rings is 1. The molecule has 0 aliphatic carbocycles. The van der Waals surface area contributed by atoms with Gasteiger partial charge < -0.3 is 18.9 Å². The third kappa shape index (κ3) is 7.80. The molecule has 1 fully saturated rings. The maximum absolute atomic E-state index is 12.4. The Labute approximate surface area is 169 Å². The molecule has 1 heterocycles. The second-order valence-electron chi connectivity index (χ2n) is 7.71. The quantitative estimate of drug-likeness (QED) is 0.267. The zero-order valence-electron chi connectivity index (χ0n) is 17.7. The molecule has 5 nitrogen and oxygen atoms in total. The Bertz CT molecular complexity index is 561. The summed E-state index contributed by atoms with van der Waals surface area (Å²) in [6.07, 6.45) is 8.94. The van der Waals surface area contributed by atoms with Crippen LogP contribution in [0.3, 0.4) is 0 Å². The molecule has 2 rings (SSSR count). The maximum atomic E-state index is 12.4. The summed E-state index contributed by atoms with van der Waals surface area (Å²) in [5.74, 6) is 0.0166. The van der Waals surface area contributed by atoms with Crippen molar-refractivity contribution in [2.45, 2.75) is 77.9 Å². The summed E-state index contributed by atoms with van der Waals surface area (Å²) >= 11 is 0. The standard InChI is InChI=1S/C23H36O5/c1-4-6-8-10-16-25-20-11-13-21(14-12-20)28-22(24)19-17-26-23(3,27-18-19)15-9-7-5-2/h11-14,19H,4-10,15-18H2,1-3H3. The third-order valence-electron chi connectivity index (χ3n) is 5.06. The number of hydrogen-bond acceptors (Lipinski definition) is 5. The smallest absolute Gasteiger partial charge is 0.319 e. The van der Waals surface area contributed by atoms with Crippen molar-refractivity contribution in [1.29, 1.82) is 0 Å². The summed E-state index contributed by atoms with van der Waals surface area (Å²) < 4.78 is 22.9. The fraction of sp³-hybridized carbons (Fsp3) is 0.696. The van der Waals surface area contributed by atoms with Crippen molar-refractivity contribution in [2.24, 2.45) is 5.92 Å². The van der Waals surface area contributed by atoms with Crippen LogP contribution in [0.25, 0.3) is 0 Å². The minimum absolute atomic E-state index is 0.316. The van der Waals surface area contributed by atoms with Gasteiger partial charge in [-0.05, 0) is 44.0 Å². The number of rotatable bonds is 12. The van der Waals surface area contributed by atoms with Crippen LogP contribution in [0.4, 0.5) is 0 Å². The number of carbonyl (C=O) groups excluding carboxylic acids is 1. The summed E-state index contributed by atoms with van der Waals surface area (Å²) in [7, 11) is 0. The van der Waals surface area contributed by atoms with Gasteiger partial charge in [-0.2, -0.15) is 0 Å². The molecule has 0 saturated carbocycles. The van der Waals surface area contributed by atoms with E-state index in [1.165, 1.54) is 19.3 Å². The molecule has 0 amide bonds. The average Bonchev–Trinajstić information content (AvgIpc) is 2.70. The molecule has 28 heavy (non-hydrogen) atoms. The van der Waals surface area contributed by atoms with Gasteiger partial charge in [-0.15, -0.1) is 0 Å². The summed E-state index contributed by atoms with van der Waals surface area (Å²) in [6.45, 7) is 7.70. The van der Waals surface area contributed by atoms with Crippen molar-refractivity contribution in [2.75, 3.05) is 19.8 Å². The molecule has 0 aromatic heterocycles. The van der Waals surface area contributed by atoms with Crippen LogP contribution >= 0.6 is 0 Å². The molecule has 1 aliphatic heterocycles. The Hall–Kier alpha value is -1.59. The highest BCUT2D eigenvalue weighted by Crippen LogP contribution is 2.28. The van der Waals surface area contributed by atoms with Gasteiger partial charge in [0.15, 0.2) is 5.79 Å². The summed E-state index contributed by atoms with van der Waals surface area (Å²) in [5, 5.41) is 0. The van der Waals surface area contributed by atoms with E-state index in [0.29, 0.717) is 25.6 Å². The Balaban J connectivity index is 1.71. The Kier molecular flexibility index (Phi) is 9.79. The fourth-order valence-electron chi connectivity index (χ4n) is 3.14. The molecule has 0 radical (unpaired) electrons. The topological polar surface area (TPSA) is 54.0 Å². The first-order valence-corrected chi connectivity index (χ1v) is 10.8. The number of unbranched alkanes of at least 4 members (excludes halogenated alkanes) is 5. The van der Waals surface area contributed by atoms with E-state index in [1.807, 2.05) is 19.1 Å². The van der Waals surface area contributed by atoms with Gasteiger partial charge in [0.25, 0.3) is 0 Å². The highest BCUT2D eigenvalue weighted by molar-refractivity contribution is 5.75. The lowest BCUT2D eigenvalue weighted by Gasteiger charge is -2.36. The van der Waals surface area contributed by atoms with Gasteiger partial charge in [0.05, 0.1) is 19.8 Å². The molecule has 158 valence electrons. The number of carbonyl (C=O) groups is 1. The van der Waals surface area contributed by atoms with Crippen molar-refractivity contribution >= 4 is 5.97 Å². The van der Waals surface area contributed by atoms with E-state index in [9.17, 15) is 4.79 Å². The predicted molar refractivity (Wildman–Crippen MR) is 110 cm³/mol. The Morgan fingerprint density at radius 1 is 0.964 bits per heavy atom. The Morgan fingerprint density at radius 2 is 1.57 bits per heavy atom. The van der Waals surface area contributed by atoms with Crippen molar-refractivity contribution in [3.63, 3.8) is 0 Å². The van der Waals surface area contributed by atoms with E-state index in [1.54, 1.807) is 12.1 Å². The number of hydrogen-bond donors (Lipinski definition) is 0. The molecule has 0 unspecified atom stereocenters. The Morgan fingerprint density at radius 3 is 2.21 bits per heavy atom. The first-order chi connectivity index (χ1) is 13.6. The van der Waals surface area contributed by atoms with Gasteiger partial charge >= 0.3 is 5.97 Å². The monoisotopic (exact) mass is 392 g/mol. The van der Waals surface area contributed by atoms with Crippen molar-refractivity contribution < 1.29 is 23.7 Å². The largest absolute Gasteiger partial charge is 0.494 e. The van der Waals surface area contributed by atoms with Crippen LogP contribution in [0.5, 0.6) is 11.5 Å². The van der Waals surface area contributed by atoms with Gasteiger partial charge in [0.2, 0.25) is 0 Å². The zero-order chi connectivity index (χ0) is 20.2. The van der Waals surface area contributed by atoms with Crippen LogP contribution in [0, 0.1) is 5.92 Å². The average molecular weight is 393 g/mol. The van der Waals surface area contributed by atoms with Crippen LogP contribution in [0.2, 0.25) is 0 Å². The fourth-order valence-corrected chi connectivity index (χ4v) is 3.14. The van der Waals surface area contributed by atoms with Crippen molar-refractivity contribution in [1.82, 2.24) is 0 Å². The third-order valence-corrected chi connectivity index (χ3v) is 5.06. The lowest BCUT2D eigenvalue weighted by Crippen LogP contribution is -2.45. The molecule has 1 aromatic carbocycles. The number of ether oxygens (including phenoxy) is 4. The second kappa shape index (κ2) is 12.1. The van der Waals surface area contributed by atoms with Crippen LogP contribution in [0.1, 0.15) is 72.1 Å². The zero-order valence-corrected chi connectivity index (χ0v) is 17.7. The molecular formula is C23H36O5. The van der Waals surface area contributed by atoms with Crippen molar-refractivity contribution in [3.05, 3.63) is 24.3 Å². The minimum atomic E-state index is -0.581. The van der Waals surface area contributed by atoms with Crippen LogP contribution in [-0.4, -0.2) is 31.6 Å². The molecule has 1 aliphatic rings. The van der Waals surface area contributed by atoms with Gasteiger partial charge in [-0.1, -0.05) is 46.0 Å². The highest BCUT2D eigenvalue weighted by atomic mass is 16.7. The molecule has 1 saturated heterocycles. The first kappa shape index (κ1) is 22.7. The van der Waals surface area contributed by atoms with E-state index in [0.717, 1.165) is 37.9 Å². The maximum Gasteiger partial charge on any atom is 0.319 e. The van der Waals surface area contributed by atoms with E-state index in [-0.39, 0.29) is 5.97 Å². The molecule has 0 N–H and O–H groups in total. The SMILES string of the molecule is CCCCCCOc1ccc(OC(=O)C2COC(C)(CCCCC)OC2)cc1. The normalized spacial score (nSPS) is 22.0. The lowest BCUT2D eigenvalue weighted by molar-refractivity contribution is -0.274. The van der Waals surface area contributed by atoms with Crippen LogP contribution in [-0.2, 0) is 14.3 Å². The van der Waals surface area contributed by atoms with Crippen LogP contribution < -0.4 is 9.47 Å². The predicted octanol–water partition coefficient (Wildman–Crippen LogP) is 5.51. The van der Waals surface area contributed by atoms with Gasteiger partial charge in [-0.3, -0.25) is 4.79 Å². The summed E-state index contributed by atoms with van der Waals surface area (Å²) in [6, 6.07) is 7.19. The summed E-state index contributed by atoms with van der Waals surface area (Å²) in [4.78, 5) is 12.4. The molecule has 0 bridgehead atoms.